The predicted octanol–water partition coefficient (Wildman–Crippen LogP) is 3.73. The Hall–Kier alpha value is -1.48. The van der Waals surface area contributed by atoms with Gasteiger partial charge in [-0.25, -0.2) is 0 Å². The van der Waals surface area contributed by atoms with Crippen molar-refractivity contribution in [3.8, 4) is 0 Å². The fourth-order valence-electron chi connectivity index (χ4n) is 1.90. The second kappa shape index (κ2) is 5.66. The van der Waals surface area contributed by atoms with Crippen molar-refractivity contribution in [3.05, 3.63) is 35.6 Å². The maximum Gasteiger partial charge on any atom is 0.287 e. The van der Waals surface area contributed by atoms with Gasteiger partial charge in [-0.2, -0.15) is 0 Å². The van der Waals surface area contributed by atoms with Gasteiger partial charge in [0.2, 0.25) is 0 Å². The highest BCUT2D eigenvalue weighted by atomic mass is 35.5. The largest absolute Gasteiger partial charge is 0.451 e. The lowest BCUT2D eigenvalue weighted by molar-refractivity contribution is 0.0905. The summed E-state index contributed by atoms with van der Waals surface area (Å²) in [4.78, 5) is 12.1. The van der Waals surface area contributed by atoms with Gasteiger partial charge in [0, 0.05) is 17.3 Å². The van der Waals surface area contributed by atoms with Gasteiger partial charge in [0.05, 0.1) is 0 Å². The minimum atomic E-state index is -0.215. The van der Waals surface area contributed by atoms with Gasteiger partial charge in [-0.05, 0) is 31.0 Å². The molecule has 2 aromatic rings. The molecule has 4 heteroatoms. The van der Waals surface area contributed by atoms with E-state index in [9.17, 15) is 4.79 Å². The molecule has 1 aromatic heterocycles. The van der Waals surface area contributed by atoms with E-state index in [1.54, 1.807) is 6.07 Å². The van der Waals surface area contributed by atoms with Crippen molar-refractivity contribution in [2.75, 3.05) is 5.88 Å². The number of nitrogens with one attached hydrogen (secondary N) is 1. The number of benzene rings is 1. The molecule has 0 aliphatic heterocycles. The molecule has 1 N–H and O–H groups in total. The van der Waals surface area contributed by atoms with E-state index in [0.717, 1.165) is 16.5 Å². The van der Waals surface area contributed by atoms with E-state index in [-0.39, 0.29) is 17.9 Å². The third-order valence-corrected chi connectivity index (χ3v) is 3.52. The minimum absolute atomic E-state index is 0.0517. The Morgan fingerprint density at radius 1 is 1.37 bits per heavy atom. The Bertz CT molecular complexity index is 589. The molecule has 0 saturated carbocycles. The van der Waals surface area contributed by atoms with E-state index in [4.69, 9.17) is 16.0 Å². The Morgan fingerprint density at radius 3 is 2.74 bits per heavy atom. The molecular formula is C15H18ClNO2. The zero-order valence-corrected chi connectivity index (χ0v) is 12.1. The molecule has 2 rings (SSSR count). The zero-order valence-electron chi connectivity index (χ0n) is 11.4. The minimum Gasteiger partial charge on any atom is -0.451 e. The summed E-state index contributed by atoms with van der Waals surface area (Å²) in [5, 5.41) is 3.84. The smallest absolute Gasteiger partial charge is 0.287 e. The second-order valence-corrected chi connectivity index (χ2v) is 5.44. The highest BCUT2D eigenvalue weighted by Crippen LogP contribution is 2.20. The van der Waals surface area contributed by atoms with Crippen LogP contribution in [-0.4, -0.2) is 17.8 Å². The summed E-state index contributed by atoms with van der Waals surface area (Å²) in [5.41, 5.74) is 1.86. The Morgan fingerprint density at radius 2 is 2.11 bits per heavy atom. The fraction of sp³-hybridized carbons (Fsp3) is 0.400. The van der Waals surface area contributed by atoms with Crippen LogP contribution in [-0.2, 0) is 0 Å². The Kier molecular flexibility index (Phi) is 4.15. The lowest BCUT2D eigenvalue weighted by Crippen LogP contribution is -2.39. The van der Waals surface area contributed by atoms with Gasteiger partial charge in [0.25, 0.3) is 5.91 Å². The molecule has 1 amide bonds. The molecule has 3 nitrogen and oxygen atoms in total. The number of alkyl halides is 1. The SMILES string of the molecule is Cc1ccc2oc(C(=O)NC(CCl)C(C)C)cc2c1. The van der Waals surface area contributed by atoms with Gasteiger partial charge in [-0.15, -0.1) is 11.6 Å². The van der Waals surface area contributed by atoms with E-state index in [1.165, 1.54) is 0 Å². The van der Waals surface area contributed by atoms with Crippen LogP contribution in [0.4, 0.5) is 0 Å². The summed E-state index contributed by atoms with van der Waals surface area (Å²) in [7, 11) is 0. The van der Waals surface area contributed by atoms with Gasteiger partial charge in [-0.1, -0.05) is 25.5 Å². The molecular weight excluding hydrogens is 262 g/mol. The first-order chi connectivity index (χ1) is 9.01. The molecule has 0 spiro atoms. The van der Waals surface area contributed by atoms with Crippen LogP contribution in [0.5, 0.6) is 0 Å². The zero-order chi connectivity index (χ0) is 14.0. The molecule has 0 saturated heterocycles. The molecule has 1 unspecified atom stereocenters. The number of fused-ring (bicyclic) bond motifs is 1. The maximum atomic E-state index is 12.1. The summed E-state index contributed by atoms with van der Waals surface area (Å²) in [6.45, 7) is 6.05. The Labute approximate surface area is 117 Å². The first-order valence-corrected chi connectivity index (χ1v) is 6.91. The third-order valence-electron chi connectivity index (χ3n) is 3.18. The molecule has 102 valence electrons. The summed E-state index contributed by atoms with van der Waals surface area (Å²) in [6.07, 6.45) is 0. The van der Waals surface area contributed by atoms with Gasteiger partial charge in [-0.3, -0.25) is 4.79 Å². The molecule has 0 aliphatic rings. The standard InChI is InChI=1S/C15H18ClNO2/c1-9(2)12(8-16)17-15(18)14-7-11-6-10(3)4-5-13(11)19-14/h4-7,9,12H,8H2,1-3H3,(H,17,18). The molecule has 1 aromatic carbocycles. The first-order valence-electron chi connectivity index (χ1n) is 6.38. The normalized spacial score (nSPS) is 12.9. The summed E-state index contributed by atoms with van der Waals surface area (Å²) in [5.74, 6) is 0.792. The van der Waals surface area contributed by atoms with E-state index < -0.39 is 0 Å². The number of aryl methyl sites for hydroxylation is 1. The quantitative estimate of drug-likeness (QED) is 0.867. The monoisotopic (exact) mass is 279 g/mol. The fourth-order valence-corrected chi connectivity index (χ4v) is 2.33. The van der Waals surface area contributed by atoms with Crippen molar-refractivity contribution in [2.45, 2.75) is 26.8 Å². The molecule has 1 heterocycles. The van der Waals surface area contributed by atoms with E-state index in [1.807, 2.05) is 39.0 Å². The average Bonchev–Trinajstić information content (AvgIpc) is 2.78. The number of amides is 1. The highest BCUT2D eigenvalue weighted by Gasteiger charge is 2.18. The number of halogens is 1. The predicted molar refractivity (Wildman–Crippen MR) is 77.8 cm³/mol. The van der Waals surface area contributed by atoms with Crippen molar-refractivity contribution >= 4 is 28.5 Å². The summed E-state index contributed by atoms with van der Waals surface area (Å²) >= 11 is 5.85. The molecule has 0 aliphatic carbocycles. The number of carbonyl (C=O) groups excluding carboxylic acids is 1. The average molecular weight is 280 g/mol. The van der Waals surface area contributed by atoms with Crippen molar-refractivity contribution in [1.82, 2.24) is 5.32 Å². The van der Waals surface area contributed by atoms with Gasteiger partial charge >= 0.3 is 0 Å². The van der Waals surface area contributed by atoms with Crippen LogP contribution in [0.15, 0.2) is 28.7 Å². The van der Waals surface area contributed by atoms with Crippen molar-refractivity contribution in [3.63, 3.8) is 0 Å². The third kappa shape index (κ3) is 3.10. The molecule has 1 atom stereocenters. The lowest BCUT2D eigenvalue weighted by atomic mass is 10.1. The topological polar surface area (TPSA) is 42.2 Å². The van der Waals surface area contributed by atoms with E-state index in [0.29, 0.717) is 11.6 Å². The van der Waals surface area contributed by atoms with Crippen LogP contribution in [0.1, 0.15) is 30.0 Å². The van der Waals surface area contributed by atoms with E-state index >= 15 is 0 Å². The van der Waals surface area contributed by atoms with Gasteiger partial charge in [0.15, 0.2) is 5.76 Å². The first kappa shape index (κ1) is 13.9. The van der Waals surface area contributed by atoms with Crippen LogP contribution >= 0.6 is 11.6 Å². The number of rotatable bonds is 4. The molecule has 0 bridgehead atoms. The summed E-state index contributed by atoms with van der Waals surface area (Å²) < 4.78 is 5.55. The highest BCUT2D eigenvalue weighted by molar-refractivity contribution is 6.18. The number of hydrogen-bond donors (Lipinski definition) is 1. The molecule has 0 radical (unpaired) electrons. The van der Waals surface area contributed by atoms with Crippen molar-refractivity contribution < 1.29 is 9.21 Å². The molecule has 0 fully saturated rings. The second-order valence-electron chi connectivity index (χ2n) is 5.13. The van der Waals surface area contributed by atoms with E-state index in [2.05, 4.69) is 5.32 Å². The Balaban J connectivity index is 2.21. The van der Waals surface area contributed by atoms with Crippen molar-refractivity contribution in [1.29, 1.82) is 0 Å². The van der Waals surface area contributed by atoms with Gasteiger partial charge in [0.1, 0.15) is 5.58 Å². The van der Waals surface area contributed by atoms with Crippen molar-refractivity contribution in [2.24, 2.45) is 5.92 Å². The van der Waals surface area contributed by atoms with Crippen LogP contribution in [0.2, 0.25) is 0 Å². The summed E-state index contributed by atoms with van der Waals surface area (Å²) in [6, 6.07) is 7.55. The number of furan rings is 1. The van der Waals surface area contributed by atoms with Crippen LogP contribution in [0, 0.1) is 12.8 Å². The number of hydrogen-bond acceptors (Lipinski definition) is 2. The molecule has 19 heavy (non-hydrogen) atoms. The maximum absolute atomic E-state index is 12.1. The van der Waals surface area contributed by atoms with Crippen LogP contribution in [0.25, 0.3) is 11.0 Å². The van der Waals surface area contributed by atoms with Crippen LogP contribution < -0.4 is 5.32 Å². The van der Waals surface area contributed by atoms with Gasteiger partial charge < -0.3 is 9.73 Å². The number of carbonyl (C=O) groups is 1. The lowest BCUT2D eigenvalue weighted by Gasteiger charge is -2.18. The van der Waals surface area contributed by atoms with Crippen LogP contribution in [0.3, 0.4) is 0 Å².